The van der Waals surface area contributed by atoms with Gasteiger partial charge in [-0.1, -0.05) is 29.8 Å². The molecular weight excluding hydrogens is 526 g/mol. The predicted molar refractivity (Wildman–Crippen MR) is 146 cm³/mol. The second kappa shape index (κ2) is 11.4. The van der Waals surface area contributed by atoms with Crippen molar-refractivity contribution in [1.82, 2.24) is 9.21 Å². The molecule has 1 aliphatic heterocycles. The van der Waals surface area contributed by atoms with Crippen LogP contribution in [0.3, 0.4) is 0 Å². The molecule has 0 aromatic heterocycles. The Morgan fingerprint density at radius 1 is 0.816 bits per heavy atom. The van der Waals surface area contributed by atoms with E-state index in [1.807, 2.05) is 6.92 Å². The standard InChI is InChI=1S/C27H29N3O6S2/c1-21-3-12-26(13-4-21)38(34,35)30-19-17-29(18-20-30)27(31)16-7-22-5-14-25(15-6-22)37(32,33)28-23-8-10-24(36-2)11-9-23/h3-16,28H,17-20H2,1-2H3/b16-7+. The predicted octanol–water partition coefficient (Wildman–Crippen LogP) is 3.35. The number of carbonyl (C=O) groups excluding carboxylic acids is 1. The van der Waals surface area contributed by atoms with Gasteiger partial charge in [0.05, 0.1) is 16.9 Å². The van der Waals surface area contributed by atoms with Crippen molar-refractivity contribution in [2.75, 3.05) is 38.0 Å². The van der Waals surface area contributed by atoms with E-state index >= 15 is 0 Å². The van der Waals surface area contributed by atoms with Gasteiger partial charge in [-0.3, -0.25) is 9.52 Å². The van der Waals surface area contributed by atoms with E-state index in [2.05, 4.69) is 4.72 Å². The summed E-state index contributed by atoms with van der Waals surface area (Å²) in [5.74, 6) is 0.378. The van der Waals surface area contributed by atoms with Crippen molar-refractivity contribution in [3.05, 3.63) is 90.0 Å². The number of sulfonamides is 2. The van der Waals surface area contributed by atoms with Crippen LogP contribution in [-0.2, 0) is 24.8 Å². The molecule has 0 saturated carbocycles. The summed E-state index contributed by atoms with van der Waals surface area (Å²) in [5.41, 5.74) is 2.04. The average Bonchev–Trinajstić information content (AvgIpc) is 2.92. The van der Waals surface area contributed by atoms with Gasteiger partial charge in [-0.25, -0.2) is 16.8 Å². The molecule has 3 aromatic rings. The average molecular weight is 556 g/mol. The molecule has 1 saturated heterocycles. The first-order valence-electron chi connectivity index (χ1n) is 11.9. The van der Waals surface area contributed by atoms with E-state index in [1.165, 1.54) is 29.6 Å². The van der Waals surface area contributed by atoms with Gasteiger partial charge in [0.25, 0.3) is 10.0 Å². The number of benzene rings is 3. The Morgan fingerprint density at radius 2 is 1.39 bits per heavy atom. The SMILES string of the molecule is COc1ccc(NS(=O)(=O)c2ccc(/C=C/C(=O)N3CCN(S(=O)(=O)c4ccc(C)cc4)CC3)cc2)cc1. The molecule has 0 atom stereocenters. The van der Waals surface area contributed by atoms with E-state index in [-0.39, 0.29) is 41.9 Å². The molecule has 38 heavy (non-hydrogen) atoms. The van der Waals surface area contributed by atoms with Crippen molar-refractivity contribution in [2.24, 2.45) is 0 Å². The van der Waals surface area contributed by atoms with Crippen molar-refractivity contribution in [3.8, 4) is 5.75 Å². The first-order chi connectivity index (χ1) is 18.1. The molecule has 1 aliphatic rings. The van der Waals surface area contributed by atoms with Crippen LogP contribution in [0.25, 0.3) is 6.08 Å². The molecule has 1 fully saturated rings. The molecule has 0 radical (unpaired) electrons. The molecule has 3 aromatic carbocycles. The van der Waals surface area contributed by atoms with Crippen LogP contribution in [0.2, 0.25) is 0 Å². The number of nitrogens with zero attached hydrogens (tertiary/aromatic N) is 2. The van der Waals surface area contributed by atoms with Gasteiger partial charge in [-0.05, 0) is 67.1 Å². The summed E-state index contributed by atoms with van der Waals surface area (Å²) >= 11 is 0. The summed E-state index contributed by atoms with van der Waals surface area (Å²) in [4.78, 5) is 14.6. The first-order valence-corrected chi connectivity index (χ1v) is 14.8. The highest BCUT2D eigenvalue weighted by Crippen LogP contribution is 2.21. The number of methoxy groups -OCH3 is 1. The van der Waals surface area contributed by atoms with E-state index in [1.54, 1.807) is 71.6 Å². The third-order valence-electron chi connectivity index (χ3n) is 6.16. The van der Waals surface area contributed by atoms with E-state index in [0.29, 0.717) is 17.0 Å². The number of aryl methyl sites for hydroxylation is 1. The fraction of sp³-hybridized carbons (Fsp3) is 0.222. The Kier molecular flexibility index (Phi) is 8.20. The van der Waals surface area contributed by atoms with Gasteiger partial charge in [0.15, 0.2) is 0 Å². The summed E-state index contributed by atoms with van der Waals surface area (Å²) in [7, 11) is -5.86. The minimum atomic E-state index is -3.78. The Balaban J connectivity index is 1.33. The summed E-state index contributed by atoms with van der Waals surface area (Å²) < 4.78 is 60.1. The Bertz CT molecular complexity index is 1510. The van der Waals surface area contributed by atoms with Gasteiger partial charge >= 0.3 is 0 Å². The lowest BCUT2D eigenvalue weighted by Crippen LogP contribution is -2.50. The summed E-state index contributed by atoms with van der Waals surface area (Å²) in [5, 5.41) is 0. The second-order valence-electron chi connectivity index (χ2n) is 8.78. The zero-order valence-corrected chi connectivity index (χ0v) is 22.7. The summed E-state index contributed by atoms with van der Waals surface area (Å²) in [6, 6.07) is 19.4. The largest absolute Gasteiger partial charge is 0.497 e. The highest BCUT2D eigenvalue weighted by molar-refractivity contribution is 7.92. The molecule has 0 bridgehead atoms. The van der Waals surface area contributed by atoms with E-state index < -0.39 is 20.0 Å². The maximum Gasteiger partial charge on any atom is 0.261 e. The minimum Gasteiger partial charge on any atom is -0.497 e. The highest BCUT2D eigenvalue weighted by Gasteiger charge is 2.29. The van der Waals surface area contributed by atoms with Gasteiger partial charge in [0.2, 0.25) is 15.9 Å². The molecule has 0 unspecified atom stereocenters. The Labute approximate surface area is 223 Å². The molecule has 1 heterocycles. The highest BCUT2D eigenvalue weighted by atomic mass is 32.2. The maximum absolute atomic E-state index is 12.9. The normalized spacial score (nSPS) is 14.9. The van der Waals surface area contributed by atoms with E-state index in [4.69, 9.17) is 4.74 Å². The van der Waals surface area contributed by atoms with E-state index in [0.717, 1.165) is 5.56 Å². The van der Waals surface area contributed by atoms with Crippen molar-refractivity contribution in [1.29, 1.82) is 0 Å². The molecule has 4 rings (SSSR count). The lowest BCUT2D eigenvalue weighted by atomic mass is 10.2. The third kappa shape index (κ3) is 6.42. The van der Waals surface area contributed by atoms with Crippen molar-refractivity contribution >= 4 is 37.7 Å². The molecule has 1 amide bonds. The number of rotatable bonds is 8. The van der Waals surface area contributed by atoms with Crippen molar-refractivity contribution < 1.29 is 26.4 Å². The lowest BCUT2D eigenvalue weighted by molar-refractivity contribution is -0.127. The number of hydrogen-bond donors (Lipinski definition) is 1. The van der Waals surface area contributed by atoms with Crippen LogP contribution in [0.4, 0.5) is 5.69 Å². The molecule has 9 nitrogen and oxygen atoms in total. The lowest BCUT2D eigenvalue weighted by Gasteiger charge is -2.33. The molecule has 0 spiro atoms. The van der Waals surface area contributed by atoms with Crippen molar-refractivity contribution in [3.63, 3.8) is 0 Å². The third-order valence-corrected chi connectivity index (χ3v) is 9.47. The van der Waals surface area contributed by atoms with Crippen molar-refractivity contribution in [2.45, 2.75) is 16.7 Å². The molecule has 1 N–H and O–H groups in total. The maximum atomic E-state index is 12.9. The summed E-state index contributed by atoms with van der Waals surface area (Å²) in [6.07, 6.45) is 3.01. The molecule has 0 aliphatic carbocycles. The molecule has 200 valence electrons. The zero-order chi connectivity index (χ0) is 27.3. The number of ether oxygens (including phenoxy) is 1. The van der Waals surface area contributed by atoms with Gasteiger partial charge in [-0.15, -0.1) is 0 Å². The number of nitrogens with one attached hydrogen (secondary N) is 1. The topological polar surface area (TPSA) is 113 Å². The first kappa shape index (κ1) is 27.4. The van der Waals surface area contributed by atoms with Crippen LogP contribution in [-0.4, -0.2) is 65.2 Å². The Hall–Kier alpha value is -3.67. The Morgan fingerprint density at radius 3 is 1.97 bits per heavy atom. The van der Waals surface area contributed by atoms with Gasteiger partial charge in [-0.2, -0.15) is 4.31 Å². The molecular formula is C27H29N3O6S2. The van der Waals surface area contributed by atoms with Gasteiger partial charge < -0.3 is 9.64 Å². The number of anilines is 1. The molecule has 11 heteroatoms. The number of piperazine rings is 1. The smallest absolute Gasteiger partial charge is 0.261 e. The van der Waals surface area contributed by atoms with Gasteiger partial charge in [0.1, 0.15) is 5.75 Å². The second-order valence-corrected chi connectivity index (χ2v) is 12.4. The van der Waals surface area contributed by atoms with Crippen LogP contribution in [0.15, 0.2) is 88.7 Å². The number of carbonyl (C=O) groups is 1. The monoisotopic (exact) mass is 555 g/mol. The number of amides is 1. The zero-order valence-electron chi connectivity index (χ0n) is 21.1. The number of hydrogen-bond acceptors (Lipinski definition) is 6. The minimum absolute atomic E-state index is 0.0858. The fourth-order valence-corrected chi connectivity index (χ4v) is 6.39. The van der Waals surface area contributed by atoms with Crippen LogP contribution in [0.5, 0.6) is 5.75 Å². The van der Waals surface area contributed by atoms with Gasteiger partial charge in [0, 0.05) is 37.9 Å². The van der Waals surface area contributed by atoms with E-state index in [9.17, 15) is 21.6 Å². The van der Waals surface area contributed by atoms with Crippen LogP contribution >= 0.6 is 0 Å². The summed E-state index contributed by atoms with van der Waals surface area (Å²) in [6.45, 7) is 2.88. The van der Waals surface area contributed by atoms with Crippen LogP contribution < -0.4 is 9.46 Å². The fourth-order valence-electron chi connectivity index (χ4n) is 3.91. The quantitative estimate of drug-likeness (QED) is 0.427. The van der Waals surface area contributed by atoms with Crippen LogP contribution in [0, 0.1) is 6.92 Å². The van der Waals surface area contributed by atoms with Crippen LogP contribution in [0.1, 0.15) is 11.1 Å².